The quantitative estimate of drug-likeness (QED) is 0.226. The van der Waals surface area contributed by atoms with Crippen LogP contribution in [0.5, 0.6) is 11.5 Å². The molecule has 0 fully saturated rings. The highest BCUT2D eigenvalue weighted by molar-refractivity contribution is 6.07. The molecule has 0 saturated carbocycles. The number of nitrogens with zero attached hydrogens (tertiary/aromatic N) is 3. The number of aryl methyl sites for hydroxylation is 2. The summed E-state index contributed by atoms with van der Waals surface area (Å²) in [6.45, 7) is 4.18. The van der Waals surface area contributed by atoms with Gasteiger partial charge in [-0.05, 0) is 56.2 Å². The third-order valence-corrected chi connectivity index (χ3v) is 5.43. The van der Waals surface area contributed by atoms with Gasteiger partial charge in [0.15, 0.2) is 0 Å². The number of methoxy groups -OCH3 is 2. The molecule has 0 atom stereocenters. The summed E-state index contributed by atoms with van der Waals surface area (Å²) in [4.78, 5) is 29.4. The van der Waals surface area contributed by atoms with Gasteiger partial charge in [-0.25, -0.2) is 14.8 Å². The molecule has 0 saturated heterocycles. The van der Waals surface area contributed by atoms with Gasteiger partial charge in [0.1, 0.15) is 11.5 Å². The summed E-state index contributed by atoms with van der Waals surface area (Å²) in [5.74, 6) is 1.92. The molecule has 2 aromatic heterocycles. The van der Waals surface area contributed by atoms with Gasteiger partial charge in [-0.1, -0.05) is 12.1 Å². The van der Waals surface area contributed by atoms with Crippen LogP contribution in [0.4, 0.5) is 16.4 Å². The Balaban J connectivity index is 1.51. The van der Waals surface area contributed by atoms with Crippen LogP contribution in [-0.2, 0) is 6.42 Å². The van der Waals surface area contributed by atoms with Gasteiger partial charge < -0.3 is 19.8 Å². The molecule has 0 aliphatic heterocycles. The fraction of sp³-hybridized carbons (Fsp3) is 0.231. The average molecular weight is 488 g/mol. The maximum Gasteiger partial charge on any atom is 0.326 e. The Morgan fingerprint density at radius 2 is 1.78 bits per heavy atom. The second-order valence-electron chi connectivity index (χ2n) is 8.08. The number of urea groups is 1. The van der Waals surface area contributed by atoms with E-state index < -0.39 is 6.03 Å². The first kappa shape index (κ1) is 24.5. The van der Waals surface area contributed by atoms with E-state index in [0.717, 1.165) is 33.6 Å². The first-order valence-electron chi connectivity index (χ1n) is 11.4. The molecule has 0 spiro atoms. The molecule has 2 heterocycles. The van der Waals surface area contributed by atoms with Gasteiger partial charge in [-0.3, -0.25) is 15.6 Å². The van der Waals surface area contributed by atoms with E-state index in [1.54, 1.807) is 26.4 Å². The van der Waals surface area contributed by atoms with Crippen molar-refractivity contribution in [3.63, 3.8) is 0 Å². The van der Waals surface area contributed by atoms with Gasteiger partial charge in [0, 0.05) is 41.1 Å². The van der Waals surface area contributed by atoms with E-state index in [1.165, 1.54) is 0 Å². The second-order valence-corrected chi connectivity index (χ2v) is 8.08. The molecule has 10 heteroatoms. The Morgan fingerprint density at radius 3 is 2.53 bits per heavy atom. The highest BCUT2D eigenvalue weighted by Crippen LogP contribution is 2.24. The third-order valence-electron chi connectivity index (χ3n) is 5.43. The zero-order valence-electron chi connectivity index (χ0n) is 20.7. The number of carbonyl (C=O) groups is 1. The van der Waals surface area contributed by atoms with E-state index in [2.05, 4.69) is 35.9 Å². The van der Waals surface area contributed by atoms with Gasteiger partial charge in [0.2, 0.25) is 11.9 Å². The lowest BCUT2D eigenvalue weighted by molar-refractivity contribution is 0.256. The van der Waals surface area contributed by atoms with Crippen LogP contribution in [0.2, 0.25) is 0 Å². The highest BCUT2D eigenvalue weighted by atomic mass is 16.5. The fourth-order valence-corrected chi connectivity index (χ4v) is 3.79. The van der Waals surface area contributed by atoms with E-state index in [0.29, 0.717) is 30.4 Å². The molecule has 0 aliphatic rings. The summed E-state index contributed by atoms with van der Waals surface area (Å²) < 4.78 is 10.6. The topological polar surface area (TPSA) is 126 Å². The van der Waals surface area contributed by atoms with Crippen molar-refractivity contribution < 1.29 is 14.3 Å². The van der Waals surface area contributed by atoms with Gasteiger partial charge in [0.05, 0.1) is 19.9 Å². The number of guanidine groups is 1. The van der Waals surface area contributed by atoms with Crippen molar-refractivity contribution >= 4 is 34.5 Å². The molecule has 36 heavy (non-hydrogen) atoms. The number of amides is 2. The number of anilines is 2. The Labute approximate surface area is 209 Å². The fourth-order valence-electron chi connectivity index (χ4n) is 3.79. The summed E-state index contributed by atoms with van der Waals surface area (Å²) in [7, 11) is 3.19. The van der Waals surface area contributed by atoms with Gasteiger partial charge in [-0.2, -0.15) is 0 Å². The molecule has 2 aromatic carbocycles. The molecule has 4 rings (SSSR count). The SMILES string of the molecule is COc1ccc2c(CCN=C(NC(=O)Nc3ccccc3OC)Nc3nc(C)cc(C)n3)c[nH]c2c1. The first-order valence-corrected chi connectivity index (χ1v) is 11.4. The summed E-state index contributed by atoms with van der Waals surface area (Å²) in [5.41, 5.74) is 4.24. The minimum atomic E-state index is -0.477. The molecule has 0 aliphatic carbocycles. The van der Waals surface area contributed by atoms with Crippen LogP contribution in [0.15, 0.2) is 59.7 Å². The van der Waals surface area contributed by atoms with Crippen LogP contribution < -0.4 is 25.4 Å². The maximum absolute atomic E-state index is 12.8. The molecule has 2 amide bonds. The predicted octanol–water partition coefficient (Wildman–Crippen LogP) is 4.42. The summed E-state index contributed by atoms with van der Waals surface area (Å²) in [6, 6.07) is 14.5. The third kappa shape index (κ3) is 6.09. The molecule has 186 valence electrons. The van der Waals surface area contributed by atoms with E-state index in [-0.39, 0.29) is 5.96 Å². The number of H-pyrrole nitrogens is 1. The minimum Gasteiger partial charge on any atom is -0.497 e. The Hall–Kier alpha value is -4.60. The van der Waals surface area contributed by atoms with Crippen LogP contribution in [-0.4, -0.2) is 47.7 Å². The Morgan fingerprint density at radius 1 is 1.00 bits per heavy atom. The number of nitrogens with one attached hydrogen (secondary N) is 4. The van der Waals surface area contributed by atoms with Crippen LogP contribution in [0.25, 0.3) is 10.9 Å². The minimum absolute atomic E-state index is 0.230. The standard InChI is InChI=1S/C26H29N7O3/c1-16-13-17(2)30-25(29-16)32-24(33-26(34)31-21-7-5-6-8-23(21)36-4)27-12-11-18-15-28-22-14-19(35-3)9-10-20(18)22/h5-10,13-15,28H,11-12H2,1-4H3,(H3,27,29,30,31,32,33,34). The average Bonchev–Trinajstić information content (AvgIpc) is 3.25. The van der Waals surface area contributed by atoms with Crippen molar-refractivity contribution in [1.82, 2.24) is 20.3 Å². The number of aromatic nitrogens is 3. The summed E-state index contributed by atoms with van der Waals surface area (Å²) in [5, 5.41) is 9.69. The van der Waals surface area contributed by atoms with Crippen molar-refractivity contribution in [3.05, 3.63) is 71.7 Å². The Kier molecular flexibility index (Phi) is 7.64. The normalized spacial score (nSPS) is 11.3. The zero-order valence-corrected chi connectivity index (χ0v) is 20.7. The number of para-hydroxylation sites is 2. The number of aliphatic imine (C=N–C) groups is 1. The molecule has 4 aromatic rings. The monoisotopic (exact) mass is 487 g/mol. The lowest BCUT2D eigenvalue weighted by atomic mass is 10.1. The molecule has 4 N–H and O–H groups in total. The molecule has 0 radical (unpaired) electrons. The van der Waals surface area contributed by atoms with E-state index in [9.17, 15) is 4.79 Å². The van der Waals surface area contributed by atoms with Gasteiger partial charge in [0.25, 0.3) is 0 Å². The van der Waals surface area contributed by atoms with Crippen molar-refractivity contribution in [3.8, 4) is 11.5 Å². The van der Waals surface area contributed by atoms with E-state index >= 15 is 0 Å². The number of rotatable bonds is 7. The van der Waals surface area contributed by atoms with Crippen LogP contribution in [0.3, 0.4) is 0 Å². The number of aromatic amines is 1. The van der Waals surface area contributed by atoms with Gasteiger partial charge >= 0.3 is 6.03 Å². The largest absolute Gasteiger partial charge is 0.497 e. The molecular formula is C26H29N7O3. The second kappa shape index (κ2) is 11.2. The van der Waals surface area contributed by atoms with Gasteiger partial charge in [-0.15, -0.1) is 0 Å². The molecule has 0 bridgehead atoms. The van der Waals surface area contributed by atoms with Crippen LogP contribution >= 0.6 is 0 Å². The number of ether oxygens (including phenoxy) is 2. The molecule has 0 unspecified atom stereocenters. The van der Waals surface area contributed by atoms with Crippen molar-refractivity contribution in [1.29, 1.82) is 0 Å². The summed E-state index contributed by atoms with van der Waals surface area (Å²) in [6.07, 6.45) is 2.61. The maximum atomic E-state index is 12.8. The Bertz CT molecular complexity index is 1380. The lowest BCUT2D eigenvalue weighted by Gasteiger charge is -2.13. The van der Waals surface area contributed by atoms with Crippen LogP contribution in [0.1, 0.15) is 17.0 Å². The van der Waals surface area contributed by atoms with Crippen molar-refractivity contribution in [2.45, 2.75) is 20.3 Å². The van der Waals surface area contributed by atoms with Crippen LogP contribution in [0, 0.1) is 13.8 Å². The summed E-state index contributed by atoms with van der Waals surface area (Å²) >= 11 is 0. The predicted molar refractivity (Wildman–Crippen MR) is 141 cm³/mol. The number of benzene rings is 2. The van der Waals surface area contributed by atoms with Crippen molar-refractivity contribution in [2.75, 3.05) is 31.4 Å². The lowest BCUT2D eigenvalue weighted by Crippen LogP contribution is -2.39. The highest BCUT2D eigenvalue weighted by Gasteiger charge is 2.12. The van der Waals surface area contributed by atoms with E-state index in [1.807, 2.05) is 56.4 Å². The van der Waals surface area contributed by atoms with Crippen molar-refractivity contribution in [2.24, 2.45) is 4.99 Å². The zero-order chi connectivity index (χ0) is 25.5. The number of fused-ring (bicyclic) bond motifs is 1. The number of hydrogen-bond acceptors (Lipinski definition) is 6. The first-order chi connectivity index (χ1) is 17.4. The number of carbonyl (C=O) groups excluding carboxylic acids is 1. The smallest absolute Gasteiger partial charge is 0.326 e. The molecular weight excluding hydrogens is 458 g/mol. The number of hydrogen-bond donors (Lipinski definition) is 4. The molecule has 10 nitrogen and oxygen atoms in total. The van der Waals surface area contributed by atoms with E-state index in [4.69, 9.17) is 9.47 Å².